The zero-order valence-corrected chi connectivity index (χ0v) is 15.0. The van der Waals surface area contributed by atoms with Gasteiger partial charge in [-0.15, -0.1) is 0 Å². The van der Waals surface area contributed by atoms with E-state index in [1.54, 1.807) is 18.2 Å². The molecule has 1 amide bonds. The lowest BCUT2D eigenvalue weighted by Gasteiger charge is -2.14. The number of esters is 1. The molecule has 0 saturated heterocycles. The zero-order chi connectivity index (χ0) is 20.3. The summed E-state index contributed by atoms with van der Waals surface area (Å²) < 4.78 is 44.0. The van der Waals surface area contributed by atoms with Gasteiger partial charge < -0.3 is 10.1 Å². The van der Waals surface area contributed by atoms with Crippen LogP contribution >= 0.6 is 11.6 Å². The van der Waals surface area contributed by atoms with E-state index in [2.05, 4.69) is 5.32 Å². The van der Waals surface area contributed by atoms with Crippen molar-refractivity contribution in [2.45, 2.75) is 6.18 Å². The summed E-state index contributed by atoms with van der Waals surface area (Å²) in [6.07, 6.45) is -4.70. The quantitative estimate of drug-likeness (QED) is 0.596. The van der Waals surface area contributed by atoms with E-state index in [9.17, 15) is 22.8 Å². The molecule has 28 heavy (non-hydrogen) atoms. The molecular weight excluding hydrogens is 395 g/mol. The normalized spacial score (nSPS) is 11.3. The lowest BCUT2D eigenvalue weighted by molar-refractivity contribution is -0.137. The number of hydrogen-bond acceptors (Lipinski definition) is 3. The third kappa shape index (κ3) is 4.61. The fourth-order valence-corrected chi connectivity index (χ4v) is 2.75. The molecule has 0 unspecified atom stereocenters. The molecule has 0 saturated carbocycles. The van der Waals surface area contributed by atoms with Crippen LogP contribution in [-0.4, -0.2) is 18.5 Å². The Balaban J connectivity index is 1.66. The molecule has 0 radical (unpaired) electrons. The SMILES string of the molecule is O=C(COC(=O)c1ccc2ccccc2c1)Nc1ccc(Cl)cc1C(F)(F)F. The number of carbonyl (C=O) groups is 2. The molecule has 0 spiro atoms. The Morgan fingerprint density at radius 3 is 2.39 bits per heavy atom. The summed E-state index contributed by atoms with van der Waals surface area (Å²) in [4.78, 5) is 24.1. The van der Waals surface area contributed by atoms with Crippen LogP contribution in [0.15, 0.2) is 60.7 Å². The van der Waals surface area contributed by atoms with E-state index in [-0.39, 0.29) is 10.6 Å². The van der Waals surface area contributed by atoms with Gasteiger partial charge in [0, 0.05) is 5.02 Å². The minimum absolute atomic E-state index is 0.118. The largest absolute Gasteiger partial charge is 0.452 e. The Kier molecular flexibility index (Phi) is 5.56. The van der Waals surface area contributed by atoms with Gasteiger partial charge in [0.1, 0.15) is 0 Å². The van der Waals surface area contributed by atoms with Gasteiger partial charge in [0.15, 0.2) is 6.61 Å². The molecule has 0 aliphatic rings. The van der Waals surface area contributed by atoms with Crippen molar-refractivity contribution in [2.75, 3.05) is 11.9 Å². The highest BCUT2D eigenvalue weighted by molar-refractivity contribution is 6.30. The number of nitrogens with one attached hydrogen (secondary N) is 1. The number of rotatable bonds is 4. The van der Waals surface area contributed by atoms with Gasteiger partial charge in [-0.3, -0.25) is 4.79 Å². The van der Waals surface area contributed by atoms with Gasteiger partial charge in [-0.2, -0.15) is 13.2 Å². The molecule has 8 heteroatoms. The molecule has 3 aromatic rings. The third-order valence-corrected chi connectivity index (χ3v) is 4.12. The molecule has 0 fully saturated rings. The molecule has 1 N–H and O–H groups in total. The third-order valence-electron chi connectivity index (χ3n) is 3.88. The maximum Gasteiger partial charge on any atom is 0.418 e. The smallest absolute Gasteiger partial charge is 0.418 e. The van der Waals surface area contributed by atoms with Gasteiger partial charge in [0.25, 0.3) is 5.91 Å². The highest BCUT2D eigenvalue weighted by Crippen LogP contribution is 2.36. The number of amides is 1. The number of fused-ring (bicyclic) bond motifs is 1. The van der Waals surface area contributed by atoms with E-state index in [0.29, 0.717) is 6.07 Å². The van der Waals surface area contributed by atoms with Crippen molar-refractivity contribution >= 4 is 39.9 Å². The fourth-order valence-electron chi connectivity index (χ4n) is 2.58. The summed E-state index contributed by atoms with van der Waals surface area (Å²) in [5.74, 6) is -1.66. The van der Waals surface area contributed by atoms with E-state index in [0.717, 1.165) is 16.8 Å². The molecule has 4 nitrogen and oxygen atoms in total. The minimum Gasteiger partial charge on any atom is -0.452 e. The van der Waals surface area contributed by atoms with E-state index in [4.69, 9.17) is 16.3 Å². The molecule has 0 bridgehead atoms. The van der Waals surface area contributed by atoms with Crippen molar-refractivity contribution in [3.8, 4) is 0 Å². The molecule has 3 aromatic carbocycles. The van der Waals surface area contributed by atoms with E-state index >= 15 is 0 Å². The second-order valence-electron chi connectivity index (χ2n) is 5.87. The number of alkyl halides is 3. The van der Waals surface area contributed by atoms with Crippen LogP contribution in [0.4, 0.5) is 18.9 Å². The number of anilines is 1. The van der Waals surface area contributed by atoms with Gasteiger partial charge in [-0.25, -0.2) is 4.79 Å². The van der Waals surface area contributed by atoms with Crippen molar-refractivity contribution in [3.05, 3.63) is 76.8 Å². The van der Waals surface area contributed by atoms with Crippen molar-refractivity contribution in [3.63, 3.8) is 0 Å². The molecular formula is C20H13ClF3NO3. The lowest BCUT2D eigenvalue weighted by atomic mass is 10.1. The van der Waals surface area contributed by atoms with Crippen LogP contribution in [0.25, 0.3) is 10.8 Å². The second kappa shape index (κ2) is 7.90. The maximum absolute atomic E-state index is 13.0. The van der Waals surface area contributed by atoms with Crippen LogP contribution in [0.2, 0.25) is 5.02 Å². The molecule has 0 heterocycles. The maximum atomic E-state index is 13.0. The van der Waals surface area contributed by atoms with Crippen molar-refractivity contribution < 1.29 is 27.5 Å². The minimum atomic E-state index is -4.70. The van der Waals surface area contributed by atoms with Crippen molar-refractivity contribution in [2.24, 2.45) is 0 Å². The highest BCUT2D eigenvalue weighted by atomic mass is 35.5. The number of benzene rings is 3. The van der Waals surface area contributed by atoms with Crippen LogP contribution in [0.5, 0.6) is 0 Å². The Labute approximate surface area is 162 Å². The second-order valence-corrected chi connectivity index (χ2v) is 6.31. The first-order valence-corrected chi connectivity index (χ1v) is 8.44. The van der Waals surface area contributed by atoms with Crippen molar-refractivity contribution in [1.82, 2.24) is 0 Å². The average Bonchev–Trinajstić information content (AvgIpc) is 2.66. The molecule has 0 aliphatic carbocycles. The van der Waals surface area contributed by atoms with Crippen LogP contribution in [0, 0.1) is 0 Å². The van der Waals surface area contributed by atoms with Gasteiger partial charge >= 0.3 is 12.1 Å². The number of carbonyl (C=O) groups excluding carboxylic acids is 2. The first-order chi connectivity index (χ1) is 13.2. The summed E-state index contributed by atoms with van der Waals surface area (Å²) in [6, 6.07) is 15.2. The summed E-state index contributed by atoms with van der Waals surface area (Å²) in [7, 11) is 0. The predicted octanol–water partition coefficient (Wildman–Crippen LogP) is 5.31. The van der Waals surface area contributed by atoms with E-state index < -0.39 is 35.9 Å². The standard InChI is InChI=1S/C20H13ClF3NO3/c21-15-7-8-17(16(10-15)20(22,23)24)25-18(26)11-28-19(27)14-6-5-12-3-1-2-4-13(12)9-14/h1-10H,11H2,(H,25,26). The Morgan fingerprint density at radius 1 is 0.964 bits per heavy atom. The van der Waals surface area contributed by atoms with Gasteiger partial charge in [-0.05, 0) is 41.1 Å². The number of ether oxygens (including phenoxy) is 1. The van der Waals surface area contributed by atoms with Crippen LogP contribution < -0.4 is 5.32 Å². The van der Waals surface area contributed by atoms with E-state index in [1.807, 2.05) is 24.3 Å². The zero-order valence-electron chi connectivity index (χ0n) is 14.2. The Hall–Kier alpha value is -3.06. The molecule has 0 aromatic heterocycles. The fraction of sp³-hybridized carbons (Fsp3) is 0.100. The first kappa shape index (κ1) is 19.7. The molecule has 3 rings (SSSR count). The monoisotopic (exact) mass is 407 g/mol. The topological polar surface area (TPSA) is 55.4 Å². The first-order valence-electron chi connectivity index (χ1n) is 8.06. The lowest BCUT2D eigenvalue weighted by Crippen LogP contribution is -2.22. The molecule has 0 aliphatic heterocycles. The number of hydrogen-bond donors (Lipinski definition) is 1. The summed E-state index contributed by atoms with van der Waals surface area (Å²) in [5, 5.41) is 3.72. The highest BCUT2D eigenvalue weighted by Gasteiger charge is 2.34. The van der Waals surface area contributed by atoms with Crippen LogP contribution in [0.3, 0.4) is 0 Å². The summed E-state index contributed by atoms with van der Waals surface area (Å²) in [5.41, 5.74) is -1.33. The molecule has 0 atom stereocenters. The summed E-state index contributed by atoms with van der Waals surface area (Å²) in [6.45, 7) is -0.731. The van der Waals surface area contributed by atoms with Gasteiger partial charge in [0.05, 0.1) is 16.8 Å². The van der Waals surface area contributed by atoms with Crippen molar-refractivity contribution in [1.29, 1.82) is 0 Å². The predicted molar refractivity (Wildman–Crippen MR) is 99.3 cm³/mol. The van der Waals surface area contributed by atoms with Crippen LogP contribution in [0.1, 0.15) is 15.9 Å². The van der Waals surface area contributed by atoms with Gasteiger partial charge in [0.2, 0.25) is 0 Å². The van der Waals surface area contributed by atoms with Crippen LogP contribution in [-0.2, 0) is 15.7 Å². The van der Waals surface area contributed by atoms with Gasteiger partial charge in [-0.1, -0.05) is 41.9 Å². The average molecular weight is 408 g/mol. The molecule has 144 valence electrons. The number of halogens is 4. The summed E-state index contributed by atoms with van der Waals surface area (Å²) >= 11 is 5.59. The Bertz CT molecular complexity index is 1050. The Morgan fingerprint density at radius 2 is 1.68 bits per heavy atom. The van der Waals surface area contributed by atoms with E-state index in [1.165, 1.54) is 6.07 Å².